The summed E-state index contributed by atoms with van der Waals surface area (Å²) in [6.07, 6.45) is 3.89. The van der Waals surface area contributed by atoms with Crippen LogP contribution in [-0.4, -0.2) is 46.7 Å². The lowest BCUT2D eigenvalue weighted by molar-refractivity contribution is -0.114. The summed E-state index contributed by atoms with van der Waals surface area (Å²) in [5.41, 5.74) is 1.09. The van der Waals surface area contributed by atoms with Crippen LogP contribution in [0.15, 0.2) is 75.7 Å². The number of carbonyl (C=O) groups excluding carboxylic acids is 2. The van der Waals surface area contributed by atoms with Gasteiger partial charge in [0, 0.05) is 30.6 Å². The van der Waals surface area contributed by atoms with Crippen molar-refractivity contribution in [3.8, 4) is 17.1 Å². The lowest BCUT2D eigenvalue weighted by Crippen LogP contribution is -2.13. The quantitative estimate of drug-likeness (QED) is 0.191. The Hall–Kier alpha value is -5.18. The Balaban J connectivity index is 1.59. The molecule has 38 heavy (non-hydrogen) atoms. The van der Waals surface area contributed by atoms with Crippen LogP contribution in [-0.2, 0) is 14.8 Å². The highest BCUT2D eigenvalue weighted by Gasteiger charge is 2.16. The predicted molar refractivity (Wildman–Crippen MR) is 137 cm³/mol. The molecule has 14 nitrogen and oxygen atoms in total. The van der Waals surface area contributed by atoms with E-state index in [2.05, 4.69) is 40.7 Å². The highest BCUT2D eigenvalue weighted by Crippen LogP contribution is 2.37. The Labute approximate surface area is 215 Å². The molecule has 0 spiro atoms. The van der Waals surface area contributed by atoms with E-state index in [4.69, 9.17) is 4.52 Å². The summed E-state index contributed by atoms with van der Waals surface area (Å²) < 4.78 is 30.4. The number of sulfonamides is 1. The minimum atomic E-state index is -3.47. The van der Waals surface area contributed by atoms with Crippen molar-refractivity contribution in [1.82, 2.24) is 15.1 Å². The van der Waals surface area contributed by atoms with Gasteiger partial charge in [0.15, 0.2) is 5.75 Å². The van der Waals surface area contributed by atoms with E-state index in [-0.39, 0.29) is 40.2 Å². The van der Waals surface area contributed by atoms with Gasteiger partial charge in [0.1, 0.15) is 0 Å². The normalized spacial score (nSPS) is 11.3. The molecular weight excluding hydrogens is 516 g/mol. The van der Waals surface area contributed by atoms with E-state index in [1.165, 1.54) is 43.6 Å². The summed E-state index contributed by atoms with van der Waals surface area (Å²) in [6, 6.07) is 11.9. The fraction of sp³-hybridized carbons (Fsp3) is 0.0870. The average Bonchev–Trinajstić information content (AvgIpc) is 3.34. The second-order valence-corrected chi connectivity index (χ2v) is 9.57. The molecule has 0 unspecified atom stereocenters. The molecule has 0 aliphatic heterocycles. The molecule has 0 saturated heterocycles. The van der Waals surface area contributed by atoms with E-state index >= 15 is 0 Å². The number of aromatic nitrogens is 3. The number of nitrogens with one attached hydrogen (secondary N) is 3. The fourth-order valence-corrected chi connectivity index (χ4v) is 3.71. The number of pyridine rings is 1. The molecule has 4 N–H and O–H groups in total. The zero-order valence-corrected chi connectivity index (χ0v) is 20.7. The number of nitrogens with zero attached hydrogens (tertiary/aromatic N) is 5. The van der Waals surface area contributed by atoms with Crippen molar-refractivity contribution in [2.75, 3.05) is 21.6 Å². The maximum atomic E-state index is 12.6. The predicted octanol–water partition coefficient (Wildman–Crippen LogP) is 3.83. The Bertz CT molecular complexity index is 1640. The average molecular weight is 537 g/mol. The van der Waals surface area contributed by atoms with Gasteiger partial charge in [0.05, 0.1) is 28.9 Å². The van der Waals surface area contributed by atoms with Gasteiger partial charge in [-0.2, -0.15) is 4.98 Å². The van der Waals surface area contributed by atoms with Crippen LogP contribution in [0.5, 0.6) is 5.75 Å². The second-order valence-electron chi connectivity index (χ2n) is 7.82. The Morgan fingerprint density at radius 2 is 1.79 bits per heavy atom. The molecule has 2 aromatic carbocycles. The molecule has 0 aliphatic rings. The number of phenolic OH excluding ortho intramolecular Hbond substituents is 1. The summed E-state index contributed by atoms with van der Waals surface area (Å²) in [7, 11) is -3.47. The maximum Gasteiger partial charge on any atom is 0.366 e. The third-order valence-corrected chi connectivity index (χ3v) is 5.27. The van der Waals surface area contributed by atoms with E-state index < -0.39 is 21.8 Å². The lowest BCUT2D eigenvalue weighted by Gasteiger charge is -2.12. The number of hydrogen-bond donors (Lipinski definition) is 4. The summed E-state index contributed by atoms with van der Waals surface area (Å²) in [5, 5.41) is 27.3. The number of phenols is 1. The molecule has 2 aromatic heterocycles. The maximum absolute atomic E-state index is 12.6. The molecule has 194 valence electrons. The van der Waals surface area contributed by atoms with Crippen molar-refractivity contribution in [2.45, 2.75) is 6.92 Å². The van der Waals surface area contributed by atoms with Crippen molar-refractivity contribution in [1.29, 1.82) is 0 Å². The summed E-state index contributed by atoms with van der Waals surface area (Å²) in [5.74, 6) is -1.28. The smallest absolute Gasteiger partial charge is 0.366 e. The number of rotatable bonds is 8. The molecule has 0 bridgehead atoms. The molecule has 0 atom stereocenters. The lowest BCUT2D eigenvalue weighted by atomic mass is 10.2. The molecule has 2 heterocycles. The molecule has 15 heteroatoms. The van der Waals surface area contributed by atoms with Crippen LogP contribution >= 0.6 is 0 Å². The largest absolute Gasteiger partial charge is 0.504 e. The monoisotopic (exact) mass is 536 g/mol. The first-order chi connectivity index (χ1) is 18.1. The Kier molecular flexibility index (Phi) is 7.38. The number of anilines is 3. The van der Waals surface area contributed by atoms with Crippen molar-refractivity contribution in [2.24, 2.45) is 10.2 Å². The summed E-state index contributed by atoms with van der Waals surface area (Å²) in [4.78, 5) is 32.2. The van der Waals surface area contributed by atoms with Crippen molar-refractivity contribution < 1.29 is 27.6 Å². The molecule has 0 saturated carbocycles. The van der Waals surface area contributed by atoms with Crippen molar-refractivity contribution in [3.63, 3.8) is 0 Å². The number of benzene rings is 2. The fourth-order valence-electron chi connectivity index (χ4n) is 3.16. The minimum Gasteiger partial charge on any atom is -0.504 e. The highest BCUT2D eigenvalue weighted by atomic mass is 32.2. The standard InChI is InChI=1S/C23H20N8O6S/c1-13(32)25-18-10-17(11-19(20(18)33)26-22(34)15-6-4-8-24-12-15)28-29-23-27-21(30-37-23)14-5-3-7-16(9-14)31-38(2,35)36/h3-12,31,33H,1-2H3,(H,25,32)(H,26,34). The first kappa shape index (κ1) is 25.9. The number of aromatic hydroxyl groups is 1. The molecule has 4 aromatic rings. The van der Waals surface area contributed by atoms with Crippen molar-refractivity contribution >= 4 is 50.6 Å². The first-order valence-corrected chi connectivity index (χ1v) is 12.7. The number of amides is 2. The van der Waals surface area contributed by atoms with Gasteiger partial charge in [-0.1, -0.05) is 22.4 Å². The van der Waals surface area contributed by atoms with Gasteiger partial charge >= 0.3 is 6.01 Å². The second kappa shape index (κ2) is 10.8. The van der Waals surface area contributed by atoms with Crippen LogP contribution in [0.25, 0.3) is 11.4 Å². The van der Waals surface area contributed by atoms with Crippen LogP contribution < -0.4 is 15.4 Å². The van der Waals surface area contributed by atoms with Crippen LogP contribution in [0.3, 0.4) is 0 Å². The molecule has 2 amide bonds. The topological polar surface area (TPSA) is 201 Å². The van der Waals surface area contributed by atoms with Gasteiger partial charge < -0.3 is 20.3 Å². The third kappa shape index (κ3) is 6.73. The molecule has 4 rings (SSSR count). The number of hydrogen-bond acceptors (Lipinski definition) is 11. The van der Waals surface area contributed by atoms with Gasteiger partial charge in [-0.25, -0.2) is 8.42 Å². The molecule has 0 aliphatic carbocycles. The van der Waals surface area contributed by atoms with Gasteiger partial charge in [0.25, 0.3) is 5.91 Å². The highest BCUT2D eigenvalue weighted by molar-refractivity contribution is 7.92. The van der Waals surface area contributed by atoms with E-state index in [1.807, 2.05) is 0 Å². The number of azo groups is 1. The van der Waals surface area contributed by atoms with E-state index in [0.717, 1.165) is 6.26 Å². The van der Waals surface area contributed by atoms with Crippen LogP contribution in [0.4, 0.5) is 28.8 Å². The minimum absolute atomic E-state index is 0.0168. The van der Waals surface area contributed by atoms with E-state index in [0.29, 0.717) is 11.3 Å². The van der Waals surface area contributed by atoms with Crippen LogP contribution in [0, 0.1) is 0 Å². The van der Waals surface area contributed by atoms with Gasteiger partial charge in [-0.05, 0) is 36.4 Å². The Morgan fingerprint density at radius 1 is 1.03 bits per heavy atom. The van der Waals surface area contributed by atoms with Gasteiger partial charge in [0.2, 0.25) is 21.8 Å². The van der Waals surface area contributed by atoms with Crippen LogP contribution in [0.1, 0.15) is 17.3 Å². The van der Waals surface area contributed by atoms with Crippen molar-refractivity contribution in [3.05, 3.63) is 66.5 Å². The van der Waals surface area contributed by atoms with Crippen LogP contribution in [0.2, 0.25) is 0 Å². The van der Waals surface area contributed by atoms with E-state index in [1.54, 1.807) is 24.3 Å². The third-order valence-electron chi connectivity index (χ3n) is 4.67. The van der Waals surface area contributed by atoms with Gasteiger partial charge in [-0.15, -0.1) is 5.11 Å². The zero-order valence-electron chi connectivity index (χ0n) is 19.9. The Morgan fingerprint density at radius 3 is 2.47 bits per heavy atom. The molecule has 0 radical (unpaired) electrons. The summed E-state index contributed by atoms with van der Waals surface area (Å²) >= 11 is 0. The molecular formula is C23H20N8O6S. The van der Waals surface area contributed by atoms with Gasteiger partial charge in [-0.3, -0.25) is 19.3 Å². The SMILES string of the molecule is CC(=O)Nc1cc(N=Nc2nc(-c3cccc(NS(C)(=O)=O)c3)no2)cc(NC(=O)c2cccnc2)c1O. The molecule has 0 fully saturated rings. The first-order valence-electron chi connectivity index (χ1n) is 10.8. The number of carbonyl (C=O) groups is 2. The van der Waals surface area contributed by atoms with E-state index in [9.17, 15) is 23.1 Å². The zero-order chi connectivity index (χ0) is 27.3. The summed E-state index contributed by atoms with van der Waals surface area (Å²) in [6.45, 7) is 1.25.